The van der Waals surface area contributed by atoms with E-state index >= 15 is 0 Å². The molecule has 1 rings (SSSR count). The highest BCUT2D eigenvalue weighted by Gasteiger charge is 2.28. The number of nitrogens with one attached hydrogen (secondary N) is 1. The third-order valence-corrected chi connectivity index (χ3v) is 4.31. The Morgan fingerprint density at radius 3 is 2.29 bits per heavy atom. The Balaban J connectivity index is 2.02. The van der Waals surface area contributed by atoms with Crippen LogP contribution < -0.4 is 5.32 Å². The number of hydrogen-bond acceptors (Lipinski definition) is 2. The average Bonchev–Trinajstić information content (AvgIpc) is 2.48. The van der Waals surface area contributed by atoms with Crippen molar-refractivity contribution in [2.45, 2.75) is 84.1 Å². The van der Waals surface area contributed by atoms with Gasteiger partial charge in [0.05, 0.1) is 0 Å². The number of nitrogens with zero attached hydrogens (tertiary/aromatic N) is 1. The predicted molar refractivity (Wildman–Crippen MR) is 86.0 cm³/mol. The Morgan fingerprint density at radius 1 is 1.10 bits per heavy atom. The van der Waals surface area contributed by atoms with Gasteiger partial charge in [0, 0.05) is 19.5 Å². The zero-order chi connectivity index (χ0) is 15.5. The molecule has 1 N–H and O–H groups in total. The number of piperazine rings is 1. The number of amides is 2. The van der Waals surface area contributed by atoms with Gasteiger partial charge >= 0.3 is 0 Å². The van der Waals surface area contributed by atoms with Gasteiger partial charge in [-0.2, -0.15) is 0 Å². The fourth-order valence-corrected chi connectivity index (χ4v) is 2.85. The molecule has 0 saturated carbocycles. The second kappa shape index (κ2) is 10.6. The molecule has 0 spiro atoms. The van der Waals surface area contributed by atoms with E-state index in [9.17, 15) is 9.59 Å². The minimum absolute atomic E-state index is 0.0262. The van der Waals surface area contributed by atoms with Gasteiger partial charge in [-0.25, -0.2) is 0 Å². The number of carbonyl (C=O) groups is 2. The molecule has 122 valence electrons. The Morgan fingerprint density at radius 2 is 1.67 bits per heavy atom. The van der Waals surface area contributed by atoms with E-state index in [1.165, 1.54) is 44.9 Å². The second-order valence-electron chi connectivity index (χ2n) is 6.13. The van der Waals surface area contributed by atoms with E-state index in [0.29, 0.717) is 19.5 Å². The molecular weight excluding hydrogens is 264 g/mol. The molecule has 1 atom stereocenters. The number of carbonyl (C=O) groups excluding carboxylic acids is 2. The number of rotatable bonds is 10. The molecule has 1 heterocycles. The minimum atomic E-state index is -0.301. The SMILES string of the molecule is CCCCCCCCCCCC(=O)N1CCNC(=O)C1C. The molecule has 0 aromatic heterocycles. The first-order valence-corrected chi connectivity index (χ1v) is 8.74. The van der Waals surface area contributed by atoms with Gasteiger partial charge in [-0.1, -0.05) is 58.3 Å². The van der Waals surface area contributed by atoms with Crippen molar-refractivity contribution in [3.63, 3.8) is 0 Å². The van der Waals surface area contributed by atoms with Crippen LogP contribution in [0.1, 0.15) is 78.1 Å². The van der Waals surface area contributed by atoms with Crippen molar-refractivity contribution in [2.24, 2.45) is 0 Å². The van der Waals surface area contributed by atoms with Gasteiger partial charge in [0.1, 0.15) is 6.04 Å². The van der Waals surface area contributed by atoms with Crippen LogP contribution in [0.5, 0.6) is 0 Å². The summed E-state index contributed by atoms with van der Waals surface area (Å²) in [5.41, 5.74) is 0. The Labute approximate surface area is 129 Å². The smallest absolute Gasteiger partial charge is 0.242 e. The molecule has 1 fully saturated rings. The quantitative estimate of drug-likeness (QED) is 0.629. The van der Waals surface area contributed by atoms with Crippen LogP contribution >= 0.6 is 0 Å². The molecule has 1 aliphatic rings. The van der Waals surface area contributed by atoms with E-state index in [0.717, 1.165) is 12.8 Å². The molecule has 2 amide bonds. The minimum Gasteiger partial charge on any atom is -0.353 e. The van der Waals surface area contributed by atoms with Crippen molar-refractivity contribution in [3.8, 4) is 0 Å². The summed E-state index contributed by atoms with van der Waals surface area (Å²) in [7, 11) is 0. The fraction of sp³-hybridized carbons (Fsp3) is 0.882. The third kappa shape index (κ3) is 6.96. The second-order valence-corrected chi connectivity index (χ2v) is 6.13. The molecule has 0 aromatic carbocycles. The van der Waals surface area contributed by atoms with Crippen LogP contribution in [0.3, 0.4) is 0 Å². The molecule has 0 radical (unpaired) electrons. The summed E-state index contributed by atoms with van der Waals surface area (Å²) in [6, 6.07) is -0.301. The number of unbranched alkanes of at least 4 members (excludes halogenated alkanes) is 8. The van der Waals surface area contributed by atoms with E-state index < -0.39 is 0 Å². The van der Waals surface area contributed by atoms with Crippen LogP contribution in [-0.4, -0.2) is 35.8 Å². The maximum absolute atomic E-state index is 12.1. The van der Waals surface area contributed by atoms with E-state index in [-0.39, 0.29) is 17.9 Å². The summed E-state index contributed by atoms with van der Waals surface area (Å²) in [6.45, 7) is 5.29. The van der Waals surface area contributed by atoms with Gasteiger partial charge in [-0.15, -0.1) is 0 Å². The largest absolute Gasteiger partial charge is 0.353 e. The van der Waals surface area contributed by atoms with Gasteiger partial charge in [-0.3, -0.25) is 9.59 Å². The molecule has 1 aliphatic heterocycles. The van der Waals surface area contributed by atoms with Crippen molar-refractivity contribution in [1.82, 2.24) is 10.2 Å². The zero-order valence-corrected chi connectivity index (χ0v) is 13.8. The van der Waals surface area contributed by atoms with Gasteiger partial charge in [-0.05, 0) is 13.3 Å². The number of hydrogen-bond donors (Lipinski definition) is 1. The van der Waals surface area contributed by atoms with Crippen LogP contribution in [0.4, 0.5) is 0 Å². The lowest BCUT2D eigenvalue weighted by atomic mass is 10.1. The Kier molecular flexibility index (Phi) is 9.11. The van der Waals surface area contributed by atoms with Crippen LogP contribution in [0.25, 0.3) is 0 Å². The first-order valence-electron chi connectivity index (χ1n) is 8.74. The zero-order valence-electron chi connectivity index (χ0n) is 13.8. The van der Waals surface area contributed by atoms with Gasteiger partial charge in [0.15, 0.2) is 0 Å². The van der Waals surface area contributed by atoms with Crippen molar-refractivity contribution in [1.29, 1.82) is 0 Å². The maximum Gasteiger partial charge on any atom is 0.242 e. The lowest BCUT2D eigenvalue weighted by Crippen LogP contribution is -2.55. The van der Waals surface area contributed by atoms with Crippen molar-refractivity contribution >= 4 is 11.8 Å². The van der Waals surface area contributed by atoms with Crippen LogP contribution in [-0.2, 0) is 9.59 Å². The lowest BCUT2D eigenvalue weighted by molar-refractivity contribution is -0.142. The highest BCUT2D eigenvalue weighted by atomic mass is 16.2. The maximum atomic E-state index is 12.1. The summed E-state index contributed by atoms with van der Waals surface area (Å²) in [4.78, 5) is 25.4. The van der Waals surface area contributed by atoms with Gasteiger partial charge in [0.25, 0.3) is 0 Å². The Hall–Kier alpha value is -1.06. The topological polar surface area (TPSA) is 49.4 Å². The predicted octanol–water partition coefficient (Wildman–Crippen LogP) is 3.25. The molecule has 0 aliphatic carbocycles. The molecule has 4 nitrogen and oxygen atoms in total. The standard InChI is InChI=1S/C17H32N2O2/c1-3-4-5-6-7-8-9-10-11-12-16(20)19-14-13-18-17(21)15(19)2/h15H,3-14H2,1-2H3,(H,18,21). The summed E-state index contributed by atoms with van der Waals surface area (Å²) in [6.07, 6.45) is 11.9. The Bertz CT molecular complexity index is 318. The summed E-state index contributed by atoms with van der Waals surface area (Å²) in [5, 5.41) is 2.79. The average molecular weight is 296 g/mol. The molecule has 4 heteroatoms. The van der Waals surface area contributed by atoms with Crippen LogP contribution in [0.2, 0.25) is 0 Å². The van der Waals surface area contributed by atoms with Crippen molar-refractivity contribution < 1.29 is 9.59 Å². The summed E-state index contributed by atoms with van der Waals surface area (Å²) < 4.78 is 0. The normalized spacial score (nSPS) is 18.7. The molecule has 0 bridgehead atoms. The van der Waals surface area contributed by atoms with Crippen molar-refractivity contribution in [3.05, 3.63) is 0 Å². The molecule has 0 aromatic rings. The van der Waals surface area contributed by atoms with E-state index in [1.54, 1.807) is 4.90 Å². The highest BCUT2D eigenvalue weighted by Crippen LogP contribution is 2.12. The molecule has 1 saturated heterocycles. The van der Waals surface area contributed by atoms with Crippen LogP contribution in [0.15, 0.2) is 0 Å². The molecule has 21 heavy (non-hydrogen) atoms. The monoisotopic (exact) mass is 296 g/mol. The summed E-state index contributed by atoms with van der Waals surface area (Å²) >= 11 is 0. The first kappa shape index (κ1) is 18.0. The molecule has 1 unspecified atom stereocenters. The third-order valence-electron chi connectivity index (χ3n) is 4.31. The lowest BCUT2D eigenvalue weighted by Gasteiger charge is -2.32. The van der Waals surface area contributed by atoms with Crippen molar-refractivity contribution in [2.75, 3.05) is 13.1 Å². The fourth-order valence-electron chi connectivity index (χ4n) is 2.85. The first-order chi connectivity index (χ1) is 10.2. The molecular formula is C17H32N2O2. The van der Waals surface area contributed by atoms with E-state index in [1.807, 2.05) is 6.92 Å². The van der Waals surface area contributed by atoms with E-state index in [4.69, 9.17) is 0 Å². The highest BCUT2D eigenvalue weighted by molar-refractivity contribution is 5.88. The van der Waals surface area contributed by atoms with Gasteiger partial charge in [0.2, 0.25) is 11.8 Å². The van der Waals surface area contributed by atoms with E-state index in [2.05, 4.69) is 12.2 Å². The summed E-state index contributed by atoms with van der Waals surface area (Å²) in [5.74, 6) is 0.113. The van der Waals surface area contributed by atoms with Gasteiger partial charge < -0.3 is 10.2 Å². The van der Waals surface area contributed by atoms with Crippen LogP contribution in [0, 0.1) is 0 Å².